The maximum atomic E-state index is 12.9. The molecule has 6 nitrogen and oxygen atoms in total. The summed E-state index contributed by atoms with van der Waals surface area (Å²) >= 11 is 0. The van der Waals surface area contributed by atoms with E-state index in [-0.39, 0.29) is 13.0 Å². The van der Waals surface area contributed by atoms with E-state index in [1.54, 1.807) is 17.0 Å². The molecule has 2 N–H and O–H groups in total. The van der Waals surface area contributed by atoms with Gasteiger partial charge in [-0.3, -0.25) is 15.1 Å². The fourth-order valence-electron chi connectivity index (χ4n) is 2.10. The monoisotopic (exact) mass is 369 g/mol. The Kier molecular flexibility index (Phi) is 6.79. The van der Waals surface area contributed by atoms with Gasteiger partial charge in [-0.1, -0.05) is 12.1 Å². The molecule has 0 unspecified atom stereocenters. The van der Waals surface area contributed by atoms with E-state index < -0.39 is 17.7 Å². The van der Waals surface area contributed by atoms with Crippen LogP contribution in [0.5, 0.6) is 0 Å². The summed E-state index contributed by atoms with van der Waals surface area (Å²) in [6.45, 7) is 0.216. The van der Waals surface area contributed by atoms with E-state index in [1.165, 1.54) is 24.7 Å². The van der Waals surface area contributed by atoms with Gasteiger partial charge >= 0.3 is 12.1 Å². The van der Waals surface area contributed by atoms with E-state index in [0.717, 1.165) is 12.1 Å². The van der Waals surface area contributed by atoms with Gasteiger partial charge in [0.05, 0.1) is 24.2 Å². The number of carboxylic acid groups (broad SMARTS) is 1. The molecule has 0 aliphatic carbocycles. The molecule has 9 heteroatoms. The quantitative estimate of drug-likeness (QED) is 0.521. The molecular formula is C17H18F3N3O3. The van der Waals surface area contributed by atoms with Crippen molar-refractivity contribution in [2.24, 2.45) is 0 Å². The standard InChI is InChI=1S/C17H18F3N3O3/c18-17(19,20)14-5-3-4-13(10-14)15(11-23-8-7-21-12-23)22-26-9-2-1-6-16(24)25/h3-5,7-8,10-12,22H,1-2,6,9H2,(H,24,25). The Morgan fingerprint density at radius 1 is 1.35 bits per heavy atom. The summed E-state index contributed by atoms with van der Waals surface area (Å²) < 4.78 is 40.4. The first-order chi connectivity index (χ1) is 12.4. The molecule has 0 aliphatic rings. The van der Waals surface area contributed by atoms with Crippen LogP contribution < -0.4 is 5.48 Å². The Morgan fingerprint density at radius 3 is 2.81 bits per heavy atom. The number of halogens is 3. The number of hydrogen-bond donors (Lipinski definition) is 2. The van der Waals surface area contributed by atoms with Gasteiger partial charge in [0.15, 0.2) is 0 Å². The van der Waals surface area contributed by atoms with Crippen LogP contribution in [0.15, 0.2) is 43.0 Å². The number of benzene rings is 1. The third-order valence-electron chi connectivity index (χ3n) is 3.37. The molecule has 26 heavy (non-hydrogen) atoms. The molecular weight excluding hydrogens is 351 g/mol. The lowest BCUT2D eigenvalue weighted by Crippen LogP contribution is -2.15. The maximum Gasteiger partial charge on any atom is 0.416 e. The Labute approximate surface area is 147 Å². The van der Waals surface area contributed by atoms with Gasteiger partial charge in [0.2, 0.25) is 0 Å². The molecule has 2 rings (SSSR count). The van der Waals surface area contributed by atoms with Gasteiger partial charge in [-0.05, 0) is 25.0 Å². The van der Waals surface area contributed by atoms with Crippen molar-refractivity contribution in [3.8, 4) is 0 Å². The fourth-order valence-corrected chi connectivity index (χ4v) is 2.10. The lowest BCUT2D eigenvalue weighted by atomic mass is 10.1. The number of imidazole rings is 1. The molecule has 1 aromatic carbocycles. The first-order valence-electron chi connectivity index (χ1n) is 7.83. The smallest absolute Gasteiger partial charge is 0.416 e. The van der Waals surface area contributed by atoms with E-state index >= 15 is 0 Å². The van der Waals surface area contributed by atoms with Gasteiger partial charge in [0.25, 0.3) is 0 Å². The Bertz CT molecular complexity index is 743. The summed E-state index contributed by atoms with van der Waals surface area (Å²) in [7, 11) is 0. The number of aromatic nitrogens is 2. The molecule has 140 valence electrons. The highest BCUT2D eigenvalue weighted by atomic mass is 19.4. The molecule has 0 fully saturated rings. The minimum atomic E-state index is -4.45. The van der Waals surface area contributed by atoms with E-state index in [4.69, 9.17) is 9.94 Å². The largest absolute Gasteiger partial charge is 0.481 e. The highest BCUT2D eigenvalue weighted by Crippen LogP contribution is 2.30. The fraction of sp³-hybridized carbons (Fsp3) is 0.294. The topological polar surface area (TPSA) is 76.4 Å². The molecule has 1 aromatic heterocycles. The van der Waals surface area contributed by atoms with E-state index in [1.807, 2.05) is 0 Å². The zero-order valence-electron chi connectivity index (χ0n) is 13.7. The lowest BCUT2D eigenvalue weighted by molar-refractivity contribution is -0.138. The summed E-state index contributed by atoms with van der Waals surface area (Å²) in [5, 5.41) is 8.58. The first-order valence-corrected chi connectivity index (χ1v) is 7.83. The number of hydrogen-bond acceptors (Lipinski definition) is 4. The second-order valence-electron chi connectivity index (χ2n) is 5.43. The van der Waals surface area contributed by atoms with Gasteiger partial charge in [0.1, 0.15) is 0 Å². The number of hydroxylamine groups is 1. The second-order valence-corrected chi connectivity index (χ2v) is 5.43. The van der Waals surface area contributed by atoms with Crippen molar-refractivity contribution in [2.75, 3.05) is 6.61 Å². The highest BCUT2D eigenvalue weighted by molar-refractivity contribution is 5.73. The van der Waals surface area contributed by atoms with Crippen LogP contribution in [0.3, 0.4) is 0 Å². The maximum absolute atomic E-state index is 12.9. The van der Waals surface area contributed by atoms with Crippen molar-refractivity contribution in [3.05, 3.63) is 54.1 Å². The molecule has 0 bridgehead atoms. The summed E-state index contributed by atoms with van der Waals surface area (Å²) in [5.41, 5.74) is 2.47. The van der Waals surface area contributed by atoms with Crippen LogP contribution in [-0.4, -0.2) is 27.2 Å². The van der Waals surface area contributed by atoms with Crippen LogP contribution >= 0.6 is 0 Å². The minimum Gasteiger partial charge on any atom is -0.481 e. The molecule has 0 aliphatic heterocycles. The van der Waals surface area contributed by atoms with Crippen LogP contribution in [-0.2, 0) is 15.8 Å². The molecule has 0 atom stereocenters. The summed E-state index contributed by atoms with van der Waals surface area (Å²) in [6, 6.07) is 4.85. The normalized spacial score (nSPS) is 12.2. The SMILES string of the molecule is O=C(O)CCCCONC(=Cn1ccnc1)c1cccc(C(F)(F)F)c1. The Hall–Kier alpha value is -2.81. The lowest BCUT2D eigenvalue weighted by Gasteiger charge is -2.14. The molecule has 2 aromatic rings. The molecule has 0 radical (unpaired) electrons. The van der Waals surface area contributed by atoms with Crippen molar-refractivity contribution in [1.29, 1.82) is 0 Å². The number of carboxylic acids is 1. The Balaban J connectivity index is 2.09. The van der Waals surface area contributed by atoms with Gasteiger partial charge < -0.3 is 9.67 Å². The van der Waals surface area contributed by atoms with E-state index in [0.29, 0.717) is 24.1 Å². The average Bonchev–Trinajstić information content (AvgIpc) is 3.09. The summed E-state index contributed by atoms with van der Waals surface area (Å²) in [6.07, 6.45) is 2.72. The number of rotatable bonds is 9. The summed E-state index contributed by atoms with van der Waals surface area (Å²) in [4.78, 5) is 19.6. The number of unbranched alkanes of at least 4 members (excludes halogenated alkanes) is 1. The van der Waals surface area contributed by atoms with Crippen LogP contribution in [0, 0.1) is 0 Å². The van der Waals surface area contributed by atoms with Gasteiger partial charge in [-0.2, -0.15) is 13.2 Å². The van der Waals surface area contributed by atoms with Crippen molar-refractivity contribution in [2.45, 2.75) is 25.4 Å². The summed E-state index contributed by atoms with van der Waals surface area (Å²) in [5.74, 6) is -0.886. The molecule has 0 saturated heterocycles. The van der Waals surface area contributed by atoms with Crippen LogP contribution in [0.4, 0.5) is 13.2 Å². The number of carbonyl (C=O) groups is 1. The zero-order chi connectivity index (χ0) is 19.0. The van der Waals surface area contributed by atoms with Gasteiger partial charge in [0, 0.05) is 30.6 Å². The second kappa shape index (κ2) is 9.04. The van der Waals surface area contributed by atoms with E-state index in [9.17, 15) is 18.0 Å². The highest BCUT2D eigenvalue weighted by Gasteiger charge is 2.30. The minimum absolute atomic E-state index is 0.0364. The molecule has 0 amide bonds. The van der Waals surface area contributed by atoms with Crippen LogP contribution in [0.2, 0.25) is 0 Å². The van der Waals surface area contributed by atoms with Crippen LogP contribution in [0.25, 0.3) is 11.9 Å². The molecule has 0 spiro atoms. The zero-order valence-corrected chi connectivity index (χ0v) is 13.7. The third kappa shape index (κ3) is 6.25. The number of alkyl halides is 3. The number of nitrogens with one attached hydrogen (secondary N) is 1. The first kappa shape index (κ1) is 19.5. The van der Waals surface area contributed by atoms with Crippen molar-refractivity contribution >= 4 is 17.9 Å². The predicted molar refractivity (Wildman–Crippen MR) is 88.4 cm³/mol. The number of nitrogens with zero attached hydrogens (tertiary/aromatic N) is 2. The van der Waals surface area contributed by atoms with Crippen molar-refractivity contribution < 1.29 is 27.9 Å². The number of aliphatic carboxylic acids is 1. The molecule has 1 heterocycles. The van der Waals surface area contributed by atoms with Gasteiger partial charge in [-0.25, -0.2) is 4.98 Å². The van der Waals surface area contributed by atoms with Crippen molar-refractivity contribution in [3.63, 3.8) is 0 Å². The molecule has 0 saturated carbocycles. The third-order valence-corrected chi connectivity index (χ3v) is 3.37. The van der Waals surface area contributed by atoms with Crippen LogP contribution in [0.1, 0.15) is 30.4 Å². The average molecular weight is 369 g/mol. The van der Waals surface area contributed by atoms with Crippen molar-refractivity contribution in [1.82, 2.24) is 15.0 Å². The van der Waals surface area contributed by atoms with E-state index in [2.05, 4.69) is 10.5 Å². The Morgan fingerprint density at radius 2 is 2.15 bits per heavy atom. The predicted octanol–water partition coefficient (Wildman–Crippen LogP) is 3.63. The van der Waals surface area contributed by atoms with Gasteiger partial charge in [-0.15, -0.1) is 0 Å².